The third kappa shape index (κ3) is 3.18. The Balaban J connectivity index is 1.12. The first-order chi connectivity index (χ1) is 23.6. The van der Waals surface area contributed by atoms with E-state index < -0.39 is 0 Å². The number of hydrogen-bond donors (Lipinski definition) is 0. The van der Waals surface area contributed by atoms with E-state index >= 15 is 0 Å². The molecule has 0 spiro atoms. The summed E-state index contributed by atoms with van der Waals surface area (Å²) < 4.78 is 0. The molecule has 0 fully saturated rings. The monoisotopic (exact) mass is 606 g/mol. The highest BCUT2D eigenvalue weighted by molar-refractivity contribution is 6.18. The zero-order valence-corrected chi connectivity index (χ0v) is 24.7. The standard InChI is InChI=1S/C40H14N8/c41-15-21-1-7-25-35-27(9-3-23(17-43)33(21)35)39-37(25)45-29-11-5-19(13-31(29)47-39)20-6-12-30-32(14-20)48-40-28-10-4-24(18-44)34-22(16-42)2-8-26(36(28)34)38(40)46-30/h1-14H. The van der Waals surface area contributed by atoms with Crippen molar-refractivity contribution in [3.8, 4) is 80.4 Å². The Morgan fingerprint density at radius 1 is 0.333 bits per heavy atom. The number of nitrogens with zero attached hydrogens (tertiary/aromatic N) is 8. The van der Waals surface area contributed by atoms with Crippen molar-refractivity contribution < 1.29 is 0 Å². The molecule has 48 heavy (non-hydrogen) atoms. The molecule has 214 valence electrons. The van der Waals surface area contributed by atoms with Crippen LogP contribution in [0.3, 0.4) is 0 Å². The maximum Gasteiger partial charge on any atom is 0.0998 e. The number of hydrogen-bond acceptors (Lipinski definition) is 8. The van der Waals surface area contributed by atoms with Crippen molar-refractivity contribution in [2.24, 2.45) is 0 Å². The molecule has 0 bridgehead atoms. The molecule has 2 heterocycles. The second-order valence-electron chi connectivity index (χ2n) is 11.8. The molecule has 0 saturated heterocycles. The fourth-order valence-corrected chi connectivity index (χ4v) is 7.37. The fourth-order valence-electron chi connectivity index (χ4n) is 7.37. The van der Waals surface area contributed by atoms with Gasteiger partial charge in [-0.25, -0.2) is 19.9 Å². The van der Waals surface area contributed by atoms with Crippen LogP contribution in [0.15, 0.2) is 84.9 Å². The molecule has 0 N–H and O–H groups in total. The van der Waals surface area contributed by atoms with Gasteiger partial charge in [0.15, 0.2) is 0 Å². The van der Waals surface area contributed by atoms with Gasteiger partial charge in [0.2, 0.25) is 0 Å². The average molecular weight is 607 g/mol. The smallest absolute Gasteiger partial charge is 0.0998 e. The quantitative estimate of drug-likeness (QED) is 0.181. The molecule has 0 saturated carbocycles. The molecule has 0 amide bonds. The number of nitriles is 4. The van der Waals surface area contributed by atoms with Gasteiger partial charge >= 0.3 is 0 Å². The molecule has 10 rings (SSSR count). The second-order valence-corrected chi connectivity index (χ2v) is 11.8. The van der Waals surface area contributed by atoms with Crippen LogP contribution in [0.5, 0.6) is 0 Å². The Morgan fingerprint density at radius 3 is 0.958 bits per heavy atom. The first kappa shape index (κ1) is 25.8. The van der Waals surface area contributed by atoms with Gasteiger partial charge in [-0.15, -0.1) is 0 Å². The van der Waals surface area contributed by atoms with Gasteiger partial charge < -0.3 is 0 Å². The van der Waals surface area contributed by atoms with Crippen molar-refractivity contribution in [2.45, 2.75) is 0 Å². The van der Waals surface area contributed by atoms with Crippen LogP contribution in [0, 0.1) is 45.3 Å². The molecular weight excluding hydrogens is 592 g/mol. The maximum atomic E-state index is 9.77. The molecule has 2 aromatic heterocycles. The lowest BCUT2D eigenvalue weighted by molar-refractivity contribution is 1.31. The van der Waals surface area contributed by atoms with Crippen LogP contribution in [0.1, 0.15) is 22.3 Å². The van der Waals surface area contributed by atoms with Gasteiger partial charge in [0.05, 0.1) is 91.4 Å². The minimum absolute atomic E-state index is 0.455. The van der Waals surface area contributed by atoms with Crippen molar-refractivity contribution in [1.82, 2.24) is 19.9 Å². The van der Waals surface area contributed by atoms with E-state index in [0.29, 0.717) is 33.0 Å². The van der Waals surface area contributed by atoms with Crippen molar-refractivity contribution >= 4 is 43.6 Å². The lowest BCUT2D eigenvalue weighted by Gasteiger charge is -2.08. The second kappa shape index (κ2) is 9.03. The normalized spacial score (nSPS) is 11.7. The van der Waals surface area contributed by atoms with Crippen LogP contribution in [0.25, 0.3) is 99.8 Å². The molecule has 2 aliphatic carbocycles. The molecule has 6 aromatic carbocycles. The number of rotatable bonds is 1. The predicted octanol–water partition coefficient (Wildman–Crippen LogP) is 8.33. The molecule has 0 radical (unpaired) electrons. The van der Waals surface area contributed by atoms with E-state index in [1.807, 2.05) is 60.7 Å². The van der Waals surface area contributed by atoms with Crippen molar-refractivity contribution in [3.63, 3.8) is 0 Å². The summed E-state index contributed by atoms with van der Waals surface area (Å²) in [6.07, 6.45) is 0. The molecule has 0 atom stereocenters. The summed E-state index contributed by atoms with van der Waals surface area (Å²) in [4.78, 5) is 20.2. The summed E-state index contributed by atoms with van der Waals surface area (Å²) in [5.41, 5.74) is 13.0. The summed E-state index contributed by atoms with van der Waals surface area (Å²) in [5, 5.41) is 42.0. The first-order valence-corrected chi connectivity index (χ1v) is 15.1. The highest BCUT2D eigenvalue weighted by Gasteiger charge is 2.29. The fraction of sp³-hybridized carbons (Fsp3) is 0. The van der Waals surface area contributed by atoms with Gasteiger partial charge in [-0.05, 0) is 59.7 Å². The van der Waals surface area contributed by atoms with Gasteiger partial charge in [0, 0.05) is 43.8 Å². The van der Waals surface area contributed by atoms with E-state index in [9.17, 15) is 21.0 Å². The van der Waals surface area contributed by atoms with E-state index in [4.69, 9.17) is 19.9 Å². The number of fused-ring (bicyclic) bond motifs is 8. The minimum Gasteiger partial charge on any atom is -0.244 e. The first-order valence-electron chi connectivity index (χ1n) is 15.1. The SMILES string of the molecule is N#Cc1ccc2c3c(ccc(C#N)c13)-c1nc3cc(-c4ccc5nc6c(nc5c4)-c4ccc(C#N)c5c(C#N)ccc-6c45)ccc3nc1-2. The maximum absolute atomic E-state index is 9.77. The van der Waals surface area contributed by atoms with Crippen molar-refractivity contribution in [3.05, 3.63) is 107 Å². The predicted molar refractivity (Wildman–Crippen MR) is 181 cm³/mol. The summed E-state index contributed by atoms with van der Waals surface area (Å²) in [5.74, 6) is 0. The Morgan fingerprint density at radius 2 is 0.646 bits per heavy atom. The topological polar surface area (TPSA) is 147 Å². The minimum atomic E-state index is 0.455. The number of aromatic nitrogens is 4. The summed E-state index contributed by atoms with van der Waals surface area (Å²) in [7, 11) is 0. The van der Waals surface area contributed by atoms with Crippen molar-refractivity contribution in [2.75, 3.05) is 0 Å². The lowest BCUT2D eigenvalue weighted by atomic mass is 9.96. The summed E-state index contributed by atoms with van der Waals surface area (Å²) in [6, 6.07) is 35.4. The Hall–Kier alpha value is -7.52. The van der Waals surface area contributed by atoms with E-state index in [-0.39, 0.29) is 0 Å². The summed E-state index contributed by atoms with van der Waals surface area (Å²) >= 11 is 0. The Labute approximate surface area is 271 Å². The molecule has 0 aliphatic heterocycles. The molecule has 2 aliphatic rings. The number of benzene rings is 6. The molecule has 8 aromatic rings. The molecule has 0 unspecified atom stereocenters. The van der Waals surface area contributed by atoms with Crippen LogP contribution in [0.4, 0.5) is 0 Å². The molecule has 8 nitrogen and oxygen atoms in total. The van der Waals surface area contributed by atoms with Gasteiger partial charge in [0.25, 0.3) is 0 Å². The average Bonchev–Trinajstić information content (AvgIpc) is 3.62. The van der Waals surface area contributed by atoms with Crippen LogP contribution >= 0.6 is 0 Å². The van der Waals surface area contributed by atoms with E-state index in [0.717, 1.165) is 89.0 Å². The third-order valence-electron chi connectivity index (χ3n) is 9.49. The summed E-state index contributed by atoms with van der Waals surface area (Å²) in [6.45, 7) is 0. The van der Waals surface area contributed by atoms with E-state index in [1.54, 1.807) is 24.3 Å². The van der Waals surface area contributed by atoms with Crippen LogP contribution in [-0.4, -0.2) is 19.9 Å². The zero-order chi connectivity index (χ0) is 32.3. The molecular formula is C40H14N8. The highest BCUT2D eigenvalue weighted by atomic mass is 14.9. The van der Waals surface area contributed by atoms with Gasteiger partial charge in [-0.3, -0.25) is 0 Å². The van der Waals surface area contributed by atoms with Crippen LogP contribution < -0.4 is 0 Å². The van der Waals surface area contributed by atoms with E-state index in [2.05, 4.69) is 24.3 Å². The lowest BCUT2D eigenvalue weighted by Crippen LogP contribution is -1.93. The Bertz CT molecular complexity index is 2810. The van der Waals surface area contributed by atoms with E-state index in [1.165, 1.54) is 0 Å². The van der Waals surface area contributed by atoms with Crippen molar-refractivity contribution in [1.29, 1.82) is 21.0 Å². The largest absolute Gasteiger partial charge is 0.244 e. The molecule has 8 heteroatoms. The van der Waals surface area contributed by atoms with Gasteiger partial charge in [0.1, 0.15) is 0 Å². The van der Waals surface area contributed by atoms with Crippen LogP contribution in [-0.2, 0) is 0 Å². The third-order valence-corrected chi connectivity index (χ3v) is 9.49. The van der Waals surface area contributed by atoms with Gasteiger partial charge in [-0.1, -0.05) is 36.4 Å². The van der Waals surface area contributed by atoms with Gasteiger partial charge in [-0.2, -0.15) is 21.0 Å². The van der Waals surface area contributed by atoms with Crippen LogP contribution in [0.2, 0.25) is 0 Å². The highest BCUT2D eigenvalue weighted by Crippen LogP contribution is 2.49. The Kier molecular flexibility index (Phi) is 4.85. The zero-order valence-electron chi connectivity index (χ0n) is 24.7.